The molecule has 0 amide bonds. The number of rotatable bonds is 12. The Kier molecular flexibility index (Phi) is 13.9. The number of carbonyl (C=O) groups excluding carboxylic acids is 3. The van der Waals surface area contributed by atoms with Gasteiger partial charge in [0.25, 0.3) is 0 Å². The third kappa shape index (κ3) is 12.6. The maximum atomic E-state index is 11.6. The van der Waals surface area contributed by atoms with Crippen molar-refractivity contribution in [3.05, 3.63) is 161 Å². The van der Waals surface area contributed by atoms with Gasteiger partial charge in [0.2, 0.25) is 0 Å². The molecule has 4 aromatic rings. The topological polar surface area (TPSA) is 78.9 Å². The number of thioether (sulfide) groups is 1. The van der Waals surface area contributed by atoms with Crippen molar-refractivity contribution in [3.63, 3.8) is 0 Å². The van der Waals surface area contributed by atoms with E-state index in [1.807, 2.05) is 97.9 Å². The molecule has 0 aliphatic carbocycles. The van der Waals surface area contributed by atoms with Gasteiger partial charge < -0.3 is 14.2 Å². The fourth-order valence-electron chi connectivity index (χ4n) is 4.18. The Bertz CT molecular complexity index is 1950. The summed E-state index contributed by atoms with van der Waals surface area (Å²) in [7, 11) is 0. The van der Waals surface area contributed by atoms with E-state index in [-0.39, 0.29) is 6.42 Å². The third-order valence-corrected chi connectivity index (χ3v) is 7.71. The molecule has 0 radical (unpaired) electrons. The highest BCUT2D eigenvalue weighted by Gasteiger charge is 2.05. The monoisotopic (exact) mass is 666 g/mol. The highest BCUT2D eigenvalue weighted by Crippen LogP contribution is 2.21. The van der Waals surface area contributed by atoms with Gasteiger partial charge in [0, 0.05) is 45.1 Å². The van der Waals surface area contributed by atoms with Crippen LogP contribution >= 0.6 is 11.8 Å². The van der Waals surface area contributed by atoms with Crippen LogP contribution in [0, 0.1) is 30.6 Å². The van der Waals surface area contributed by atoms with E-state index < -0.39 is 17.9 Å². The zero-order valence-electron chi connectivity index (χ0n) is 27.1. The van der Waals surface area contributed by atoms with Crippen molar-refractivity contribution < 1.29 is 28.6 Å². The third-order valence-electron chi connectivity index (χ3n) is 6.73. The molecule has 6 nitrogen and oxygen atoms in total. The van der Waals surface area contributed by atoms with Crippen molar-refractivity contribution in [2.75, 3.05) is 12.4 Å². The molecule has 0 bridgehead atoms. The van der Waals surface area contributed by atoms with Crippen LogP contribution in [0.5, 0.6) is 5.75 Å². The van der Waals surface area contributed by atoms with Gasteiger partial charge in [-0.2, -0.15) is 0 Å². The minimum atomic E-state index is -0.761. The van der Waals surface area contributed by atoms with E-state index in [0.29, 0.717) is 19.0 Å². The second-order valence-electron chi connectivity index (χ2n) is 10.4. The second kappa shape index (κ2) is 19.0. The van der Waals surface area contributed by atoms with E-state index in [0.717, 1.165) is 61.7 Å². The summed E-state index contributed by atoms with van der Waals surface area (Å²) in [6.45, 7) is 9.41. The number of aryl methyl sites for hydroxylation is 1. The predicted molar refractivity (Wildman–Crippen MR) is 194 cm³/mol. The van der Waals surface area contributed by atoms with E-state index in [2.05, 4.69) is 41.6 Å². The van der Waals surface area contributed by atoms with E-state index in [1.165, 1.54) is 0 Å². The quantitative estimate of drug-likeness (QED) is 0.0381. The van der Waals surface area contributed by atoms with E-state index in [9.17, 15) is 14.4 Å². The number of esters is 3. The molecule has 0 saturated carbocycles. The maximum absolute atomic E-state index is 11.6. The lowest BCUT2D eigenvalue weighted by molar-refractivity contribution is -0.155. The normalized spacial score (nSPS) is 10.1. The van der Waals surface area contributed by atoms with Crippen molar-refractivity contribution in [1.29, 1.82) is 0 Å². The fraction of sp³-hybridized carbons (Fsp3) is 0.119. The molecule has 7 heteroatoms. The highest BCUT2D eigenvalue weighted by atomic mass is 32.2. The van der Waals surface area contributed by atoms with Crippen molar-refractivity contribution in [2.45, 2.75) is 24.8 Å². The fourth-order valence-corrected chi connectivity index (χ4v) is 4.91. The van der Waals surface area contributed by atoms with E-state index in [4.69, 9.17) is 9.47 Å². The molecule has 0 aromatic heterocycles. The lowest BCUT2D eigenvalue weighted by Crippen LogP contribution is -2.08. The Hall–Kier alpha value is -6.02. The van der Waals surface area contributed by atoms with Gasteiger partial charge in [-0.05, 0) is 90.3 Å². The molecule has 4 rings (SSSR count). The summed E-state index contributed by atoms with van der Waals surface area (Å²) in [5.41, 5.74) is 6.49. The second-order valence-corrected chi connectivity index (χ2v) is 11.6. The summed E-state index contributed by atoms with van der Waals surface area (Å²) in [6.07, 6.45) is 5.51. The Morgan fingerprint density at radius 3 is 1.92 bits per heavy atom. The van der Waals surface area contributed by atoms with Crippen LogP contribution < -0.4 is 4.74 Å². The zero-order valence-corrected chi connectivity index (χ0v) is 27.9. The summed E-state index contributed by atoms with van der Waals surface area (Å²) in [5.74, 6) is 12.4. The molecule has 0 unspecified atom stereocenters. The van der Waals surface area contributed by atoms with E-state index in [1.54, 1.807) is 23.9 Å². The Morgan fingerprint density at radius 1 is 0.735 bits per heavy atom. The molecule has 0 aliphatic heterocycles. The molecule has 244 valence electrons. The van der Waals surface area contributed by atoms with Crippen LogP contribution in [-0.2, 0) is 30.5 Å². The molecule has 49 heavy (non-hydrogen) atoms. The van der Waals surface area contributed by atoms with Gasteiger partial charge in [-0.15, -0.1) is 11.8 Å². The van der Waals surface area contributed by atoms with Gasteiger partial charge >= 0.3 is 17.9 Å². The van der Waals surface area contributed by atoms with Crippen LogP contribution in [0.4, 0.5) is 0 Å². The number of benzene rings is 4. The van der Waals surface area contributed by atoms with Crippen molar-refractivity contribution >= 4 is 35.7 Å². The van der Waals surface area contributed by atoms with Crippen LogP contribution in [0.1, 0.15) is 45.4 Å². The summed E-state index contributed by atoms with van der Waals surface area (Å²) in [4.78, 5) is 34.8. The van der Waals surface area contributed by atoms with Crippen LogP contribution in [0.3, 0.4) is 0 Å². The molecule has 0 atom stereocenters. The average molecular weight is 667 g/mol. The predicted octanol–water partition coefficient (Wildman–Crippen LogP) is 7.85. The first-order valence-corrected chi connectivity index (χ1v) is 16.3. The maximum Gasteiger partial charge on any atom is 0.337 e. The van der Waals surface area contributed by atoms with E-state index >= 15 is 0 Å². The van der Waals surface area contributed by atoms with Gasteiger partial charge in [-0.25, -0.2) is 9.59 Å². The summed E-state index contributed by atoms with van der Waals surface area (Å²) < 4.78 is 15.6. The Labute approximate surface area is 291 Å². The number of hydrogen-bond acceptors (Lipinski definition) is 7. The minimum Gasteiger partial charge on any atom is -0.489 e. The molecule has 0 spiro atoms. The Balaban J connectivity index is 1.23. The smallest absolute Gasteiger partial charge is 0.337 e. The molecule has 0 N–H and O–H groups in total. The molecule has 0 fully saturated rings. The molecule has 0 heterocycles. The summed E-state index contributed by atoms with van der Waals surface area (Å²) in [5, 5.41) is 0. The molecule has 0 saturated heterocycles. The number of hydrogen-bond donors (Lipinski definition) is 0. The van der Waals surface area contributed by atoms with Crippen LogP contribution in [0.25, 0.3) is 6.08 Å². The summed E-state index contributed by atoms with van der Waals surface area (Å²) in [6, 6.07) is 29.5. The van der Waals surface area contributed by atoms with Crippen molar-refractivity contribution in [1.82, 2.24) is 0 Å². The lowest BCUT2D eigenvalue weighted by Gasteiger charge is -2.09. The first-order valence-electron chi connectivity index (χ1n) is 15.3. The zero-order chi connectivity index (χ0) is 34.8. The van der Waals surface area contributed by atoms with Gasteiger partial charge in [0.05, 0.1) is 6.42 Å². The van der Waals surface area contributed by atoms with Crippen LogP contribution in [0.15, 0.2) is 127 Å². The first-order chi connectivity index (χ1) is 23.8. The molecular formula is C42H34O6S. The Morgan fingerprint density at radius 2 is 1.31 bits per heavy atom. The van der Waals surface area contributed by atoms with Crippen molar-refractivity contribution in [2.24, 2.45) is 0 Å². The number of carbonyl (C=O) groups is 3. The largest absolute Gasteiger partial charge is 0.489 e. The minimum absolute atomic E-state index is 0.0133. The van der Waals surface area contributed by atoms with Crippen LogP contribution in [0.2, 0.25) is 0 Å². The van der Waals surface area contributed by atoms with Crippen LogP contribution in [-0.4, -0.2) is 30.3 Å². The summed E-state index contributed by atoms with van der Waals surface area (Å²) >= 11 is 1.61. The first kappa shape index (κ1) is 35.8. The highest BCUT2D eigenvalue weighted by molar-refractivity contribution is 7.99. The molecule has 4 aromatic carbocycles. The van der Waals surface area contributed by atoms with Gasteiger partial charge in [-0.3, -0.25) is 4.79 Å². The molecular weight excluding hydrogens is 633 g/mol. The van der Waals surface area contributed by atoms with Gasteiger partial charge in [0.1, 0.15) is 19.0 Å². The SMILES string of the molecule is C=CC(=O)OCCSc1ccc(C#Cc2ccc(COc3ccc(C#Cc4ccc(/C=C/CC(=O)OC(=O)C=C)cc4)cc3C)cc2)cc1. The van der Waals surface area contributed by atoms with Gasteiger partial charge in [-0.1, -0.05) is 73.3 Å². The lowest BCUT2D eigenvalue weighted by atomic mass is 10.1. The standard InChI is InChI=1S/C42H34O6S/c1-4-40(43)46-27-28-49-38-24-21-35(22-25-38)14-13-34-16-19-37(20-17-34)30-47-39-26-23-36(29-31(39)3)18-15-33-11-9-32(10-12-33)7-6-8-42(45)48-41(44)5-2/h4-7,9-12,16-17,19-26,29H,1-2,8,27-28,30H2,3H3/b7-6+. The molecule has 0 aliphatic rings. The van der Waals surface area contributed by atoms with Gasteiger partial charge in [0.15, 0.2) is 0 Å². The average Bonchev–Trinajstić information content (AvgIpc) is 3.12. The van der Waals surface area contributed by atoms with Crippen molar-refractivity contribution in [3.8, 4) is 29.4 Å². The number of ether oxygens (including phenoxy) is 3.